The molecule has 4 aromatic rings. The third-order valence-electron chi connectivity index (χ3n) is 8.08. The molecule has 2 aromatic carbocycles. The number of aromatic nitrogens is 3. The minimum atomic E-state index is -0.736. The number of carbonyl (C=O) groups is 1. The lowest BCUT2D eigenvalue weighted by Crippen LogP contribution is -2.38. The van der Waals surface area contributed by atoms with Crippen molar-refractivity contribution >= 4 is 22.5 Å². The second-order valence-corrected chi connectivity index (χ2v) is 10.7. The van der Waals surface area contributed by atoms with E-state index in [1.807, 2.05) is 50.2 Å². The highest BCUT2D eigenvalue weighted by atomic mass is 16.5. The van der Waals surface area contributed by atoms with Gasteiger partial charge in [0.1, 0.15) is 17.4 Å². The zero-order valence-electron chi connectivity index (χ0n) is 23.0. The summed E-state index contributed by atoms with van der Waals surface area (Å²) in [6.45, 7) is 6.42. The number of piperidine rings is 1. The quantitative estimate of drug-likeness (QED) is 0.389. The van der Waals surface area contributed by atoms with Crippen molar-refractivity contribution in [2.24, 2.45) is 12.8 Å². The molecule has 0 bridgehead atoms. The molecule has 4 heterocycles. The van der Waals surface area contributed by atoms with Crippen molar-refractivity contribution in [3.8, 4) is 17.1 Å². The van der Waals surface area contributed by atoms with Crippen molar-refractivity contribution in [2.75, 3.05) is 31.2 Å². The van der Waals surface area contributed by atoms with Crippen LogP contribution < -0.4 is 20.9 Å². The van der Waals surface area contributed by atoms with Gasteiger partial charge in [0.25, 0.3) is 11.5 Å². The summed E-state index contributed by atoms with van der Waals surface area (Å²) in [7, 11) is 1.66. The van der Waals surface area contributed by atoms with Gasteiger partial charge in [-0.05, 0) is 43.9 Å². The van der Waals surface area contributed by atoms with Crippen LogP contribution in [0.25, 0.3) is 22.3 Å². The van der Waals surface area contributed by atoms with Gasteiger partial charge in [0, 0.05) is 49.5 Å². The molecule has 2 aliphatic rings. The molecule has 1 amide bonds. The van der Waals surface area contributed by atoms with Crippen molar-refractivity contribution in [1.29, 1.82) is 0 Å². The molecule has 10 heteroatoms. The van der Waals surface area contributed by atoms with Crippen LogP contribution in [0, 0.1) is 13.8 Å². The van der Waals surface area contributed by atoms with Gasteiger partial charge in [0.15, 0.2) is 0 Å². The van der Waals surface area contributed by atoms with Crippen LogP contribution >= 0.6 is 0 Å². The molecule has 2 N–H and O–H groups in total. The topological polar surface area (TPSA) is 126 Å². The van der Waals surface area contributed by atoms with Crippen LogP contribution in [-0.4, -0.2) is 53.0 Å². The van der Waals surface area contributed by atoms with Crippen LogP contribution in [0.1, 0.15) is 52.6 Å². The number of amides is 1. The molecule has 0 spiro atoms. The number of nitrogens with zero attached hydrogens (tertiary/aromatic N) is 4. The minimum absolute atomic E-state index is 0.00495. The summed E-state index contributed by atoms with van der Waals surface area (Å²) >= 11 is 0. The van der Waals surface area contributed by atoms with Gasteiger partial charge < -0.3 is 29.2 Å². The first-order valence-electron chi connectivity index (χ1n) is 13.7. The van der Waals surface area contributed by atoms with Gasteiger partial charge in [0.2, 0.25) is 11.7 Å². The Balaban J connectivity index is 1.32. The van der Waals surface area contributed by atoms with Gasteiger partial charge in [-0.25, -0.2) is 0 Å². The number of nitrogens with two attached hydrogens (primary N) is 1. The number of hydrogen-bond acceptors (Lipinski definition) is 8. The second kappa shape index (κ2) is 10.4. The summed E-state index contributed by atoms with van der Waals surface area (Å²) in [6, 6.07) is 11.8. The fourth-order valence-electron chi connectivity index (χ4n) is 5.80. The molecule has 1 atom stereocenters. The average molecular weight is 544 g/mol. The first-order chi connectivity index (χ1) is 19.3. The number of fused-ring (bicyclic) bond motifs is 1. The number of hydrogen-bond donors (Lipinski definition) is 1. The summed E-state index contributed by atoms with van der Waals surface area (Å²) in [4.78, 5) is 32.8. The second-order valence-electron chi connectivity index (χ2n) is 10.7. The normalized spacial score (nSPS) is 18.0. The minimum Gasteiger partial charge on any atom is -0.488 e. The largest absolute Gasteiger partial charge is 0.488 e. The first-order valence-corrected chi connectivity index (χ1v) is 13.7. The molecule has 0 radical (unpaired) electrons. The number of ether oxygens (including phenoxy) is 2. The van der Waals surface area contributed by atoms with Crippen LogP contribution in [0.3, 0.4) is 0 Å². The van der Waals surface area contributed by atoms with Gasteiger partial charge in [-0.15, -0.1) is 0 Å². The number of anilines is 1. The number of benzene rings is 2. The molecule has 10 nitrogen and oxygen atoms in total. The van der Waals surface area contributed by atoms with Gasteiger partial charge in [0.05, 0.1) is 24.4 Å². The van der Waals surface area contributed by atoms with Crippen molar-refractivity contribution < 1.29 is 18.8 Å². The van der Waals surface area contributed by atoms with E-state index in [2.05, 4.69) is 10.1 Å². The first kappa shape index (κ1) is 26.1. The Kier molecular flexibility index (Phi) is 6.79. The predicted molar refractivity (Wildman–Crippen MR) is 151 cm³/mol. The maximum atomic E-state index is 13.4. The van der Waals surface area contributed by atoms with E-state index < -0.39 is 11.5 Å². The lowest BCUT2D eigenvalue weighted by molar-refractivity contribution is 0.0999. The van der Waals surface area contributed by atoms with E-state index in [0.717, 1.165) is 41.3 Å². The molecule has 2 saturated heterocycles. The number of aryl methyl sites for hydroxylation is 3. The summed E-state index contributed by atoms with van der Waals surface area (Å²) in [6.07, 6.45) is 2.26. The van der Waals surface area contributed by atoms with Crippen molar-refractivity contribution in [2.45, 2.75) is 45.1 Å². The Hall–Kier alpha value is -4.18. The van der Waals surface area contributed by atoms with E-state index >= 15 is 0 Å². The van der Waals surface area contributed by atoms with E-state index in [1.165, 1.54) is 4.57 Å². The Morgan fingerprint density at radius 1 is 1.10 bits per heavy atom. The molecule has 0 saturated carbocycles. The number of pyridine rings is 1. The fraction of sp³-hybridized carbons (Fsp3) is 0.400. The predicted octanol–water partition coefficient (Wildman–Crippen LogP) is 3.86. The maximum absolute atomic E-state index is 13.4. The van der Waals surface area contributed by atoms with Gasteiger partial charge >= 0.3 is 0 Å². The highest BCUT2D eigenvalue weighted by Gasteiger charge is 2.31. The Labute approximate surface area is 231 Å². The summed E-state index contributed by atoms with van der Waals surface area (Å²) in [5, 5.41) is 5.02. The highest BCUT2D eigenvalue weighted by molar-refractivity contribution is 6.07. The molecule has 0 unspecified atom stereocenters. The monoisotopic (exact) mass is 543 g/mol. The third kappa shape index (κ3) is 4.62. The van der Waals surface area contributed by atoms with E-state index in [4.69, 9.17) is 24.7 Å². The van der Waals surface area contributed by atoms with E-state index in [-0.39, 0.29) is 17.6 Å². The summed E-state index contributed by atoms with van der Waals surface area (Å²) in [5.41, 5.74) is 9.60. The Morgan fingerprint density at radius 2 is 1.88 bits per heavy atom. The van der Waals surface area contributed by atoms with Crippen LogP contribution in [0.4, 0.5) is 5.69 Å². The zero-order chi connectivity index (χ0) is 28.0. The summed E-state index contributed by atoms with van der Waals surface area (Å²) < 4.78 is 18.8. The molecule has 40 heavy (non-hydrogen) atoms. The smallest absolute Gasteiger partial charge is 0.265 e. The van der Waals surface area contributed by atoms with E-state index in [1.54, 1.807) is 7.05 Å². The van der Waals surface area contributed by atoms with Crippen molar-refractivity contribution in [3.63, 3.8) is 0 Å². The summed E-state index contributed by atoms with van der Waals surface area (Å²) in [5.74, 6) is 1.24. The molecule has 2 fully saturated rings. The molecule has 6 rings (SSSR count). The third-order valence-corrected chi connectivity index (χ3v) is 8.08. The SMILES string of the molecule is Cc1cc2c(N3CCC(c4nc(-c5ccccc5C)no4)CC3)c(C(N)=O)c(=O)n(C)c2cc1O[C@H]1CCOC1. The van der Waals surface area contributed by atoms with Crippen LogP contribution in [0.15, 0.2) is 45.7 Å². The fourth-order valence-corrected chi connectivity index (χ4v) is 5.80. The lowest BCUT2D eigenvalue weighted by atomic mass is 9.94. The van der Waals surface area contributed by atoms with Crippen LogP contribution in [0.5, 0.6) is 5.75 Å². The van der Waals surface area contributed by atoms with Gasteiger partial charge in [-0.2, -0.15) is 4.98 Å². The highest BCUT2D eigenvalue weighted by Crippen LogP contribution is 2.37. The molecule has 208 valence electrons. The van der Waals surface area contributed by atoms with Crippen LogP contribution in [-0.2, 0) is 11.8 Å². The number of primary amides is 1. The molecule has 2 aliphatic heterocycles. The number of rotatable bonds is 6. The van der Waals surface area contributed by atoms with Gasteiger partial charge in [-0.3, -0.25) is 9.59 Å². The molecule has 2 aromatic heterocycles. The average Bonchev–Trinajstić information content (AvgIpc) is 3.64. The number of carbonyl (C=O) groups excluding carboxylic acids is 1. The van der Waals surface area contributed by atoms with E-state index in [0.29, 0.717) is 55.0 Å². The van der Waals surface area contributed by atoms with Crippen molar-refractivity contribution in [1.82, 2.24) is 14.7 Å². The van der Waals surface area contributed by atoms with Crippen LogP contribution in [0.2, 0.25) is 0 Å². The lowest BCUT2D eigenvalue weighted by Gasteiger charge is -2.34. The van der Waals surface area contributed by atoms with Crippen molar-refractivity contribution in [3.05, 3.63) is 69.3 Å². The standard InChI is InChI=1S/C30H33N5O5/c1-17-6-4-5-7-21(17)28-32-29(40-33-28)19-8-11-35(12-9-19)26-22-14-18(2)24(39-20-10-13-38-16-20)15-23(22)34(3)30(37)25(26)27(31)36/h4-7,14-15,19-20H,8-13,16H2,1-3H3,(H2,31,36)/t20-/m0/s1. The zero-order valence-corrected chi connectivity index (χ0v) is 23.0. The molecular weight excluding hydrogens is 510 g/mol. The molecule has 0 aliphatic carbocycles. The van der Waals surface area contributed by atoms with Gasteiger partial charge in [-0.1, -0.05) is 29.4 Å². The Bertz CT molecular complexity index is 1640. The maximum Gasteiger partial charge on any atom is 0.265 e. The molecular formula is C30H33N5O5. The Morgan fingerprint density at radius 3 is 2.58 bits per heavy atom. The van der Waals surface area contributed by atoms with E-state index in [9.17, 15) is 9.59 Å².